The molecule has 0 aromatic rings. The highest BCUT2D eigenvalue weighted by Crippen LogP contribution is 2.39. The number of nitrogens with zero attached hydrogens (tertiary/aromatic N) is 1. The number of quaternary nitrogens is 1. The maximum absolute atomic E-state index is 12.0. The van der Waals surface area contributed by atoms with Crippen LogP contribution in [0, 0.1) is 5.92 Å². The summed E-state index contributed by atoms with van der Waals surface area (Å²) in [5.74, 6) is 0.0842. The first-order chi connectivity index (χ1) is 16.2. The van der Waals surface area contributed by atoms with E-state index >= 15 is 0 Å². The van der Waals surface area contributed by atoms with Gasteiger partial charge in [0.2, 0.25) is 0 Å². The van der Waals surface area contributed by atoms with Crippen molar-refractivity contribution in [2.45, 2.75) is 117 Å². The van der Waals surface area contributed by atoms with Crippen molar-refractivity contribution in [3.8, 4) is 0 Å². The van der Waals surface area contributed by atoms with Crippen LogP contribution >= 0.6 is 7.82 Å². The van der Waals surface area contributed by atoms with Crippen LogP contribution < -0.4 is 4.89 Å². The Labute approximate surface area is 212 Å². The van der Waals surface area contributed by atoms with E-state index in [1.165, 1.54) is 83.5 Å². The summed E-state index contributed by atoms with van der Waals surface area (Å²) in [6, 6.07) is 0. The van der Waals surface area contributed by atoms with Crippen LogP contribution in [0.15, 0.2) is 0 Å². The number of phosphoric ester groups is 1. The molecule has 0 aliphatic carbocycles. The molecule has 6 nitrogen and oxygen atoms in total. The van der Waals surface area contributed by atoms with Crippen LogP contribution in [-0.4, -0.2) is 58.6 Å². The van der Waals surface area contributed by atoms with Crippen molar-refractivity contribution in [3.63, 3.8) is 0 Å². The molecule has 0 N–H and O–H groups in total. The van der Waals surface area contributed by atoms with Crippen molar-refractivity contribution in [1.29, 1.82) is 0 Å². The third kappa shape index (κ3) is 25.1. The Bertz CT molecular complexity index is 484. The molecule has 0 saturated carbocycles. The molecule has 0 amide bonds. The van der Waals surface area contributed by atoms with Crippen LogP contribution in [0.2, 0.25) is 0 Å². The van der Waals surface area contributed by atoms with E-state index in [-0.39, 0.29) is 19.1 Å². The lowest BCUT2D eigenvalue weighted by Crippen LogP contribution is -2.37. The van der Waals surface area contributed by atoms with Crippen LogP contribution in [0.4, 0.5) is 0 Å². The summed E-state index contributed by atoms with van der Waals surface area (Å²) in [5, 5.41) is 0. The van der Waals surface area contributed by atoms with E-state index in [9.17, 15) is 9.46 Å². The predicted octanol–water partition coefficient (Wildman–Crippen LogP) is 7.11. The second-order valence-corrected chi connectivity index (χ2v) is 12.3. The fourth-order valence-electron chi connectivity index (χ4n) is 3.93. The molecule has 0 aromatic heterocycles. The minimum Gasteiger partial charge on any atom is -0.756 e. The normalized spacial score (nSPS) is 14.9. The molecule has 2 atom stereocenters. The first kappa shape index (κ1) is 34.0. The highest BCUT2D eigenvalue weighted by Gasteiger charge is 2.16. The number of unbranched alkanes of at least 4 members (excludes halogenated alkanes) is 13. The van der Waals surface area contributed by atoms with E-state index in [1.54, 1.807) is 0 Å². The molecule has 0 bridgehead atoms. The van der Waals surface area contributed by atoms with Crippen LogP contribution in [0.25, 0.3) is 0 Å². The van der Waals surface area contributed by atoms with Crippen LogP contribution in [-0.2, 0) is 18.3 Å². The van der Waals surface area contributed by atoms with E-state index in [1.807, 2.05) is 21.1 Å². The molecule has 0 heterocycles. The molecular weight excluding hydrogens is 449 g/mol. The molecule has 0 fully saturated rings. The van der Waals surface area contributed by atoms with Crippen molar-refractivity contribution in [2.24, 2.45) is 5.92 Å². The van der Waals surface area contributed by atoms with Gasteiger partial charge >= 0.3 is 0 Å². The van der Waals surface area contributed by atoms with Gasteiger partial charge in [-0.2, -0.15) is 0 Å². The minimum absolute atomic E-state index is 0.0842. The minimum atomic E-state index is -4.25. The summed E-state index contributed by atoms with van der Waals surface area (Å²) < 4.78 is 28.6. The average molecular weight is 508 g/mol. The number of hydrogen-bond donors (Lipinski definition) is 0. The second-order valence-electron chi connectivity index (χ2n) is 10.9. The zero-order chi connectivity index (χ0) is 25.5. The summed E-state index contributed by atoms with van der Waals surface area (Å²) in [7, 11) is 1.73. The third-order valence-electron chi connectivity index (χ3n) is 6.17. The number of phosphoric acid groups is 1. The number of hydrogen-bond acceptors (Lipinski definition) is 5. The zero-order valence-corrected chi connectivity index (χ0v) is 24.3. The summed E-state index contributed by atoms with van der Waals surface area (Å²) in [5.41, 5.74) is 0. The zero-order valence-electron chi connectivity index (χ0n) is 23.4. The van der Waals surface area contributed by atoms with Gasteiger partial charge in [-0.05, 0) is 12.8 Å². The maximum atomic E-state index is 12.0. The Morgan fingerprint density at radius 1 is 0.676 bits per heavy atom. The predicted molar refractivity (Wildman–Crippen MR) is 142 cm³/mol. The van der Waals surface area contributed by atoms with Gasteiger partial charge in [-0.15, -0.1) is 0 Å². The van der Waals surface area contributed by atoms with Gasteiger partial charge in [0.1, 0.15) is 13.2 Å². The van der Waals surface area contributed by atoms with Crippen molar-refractivity contribution in [2.75, 3.05) is 54.1 Å². The van der Waals surface area contributed by atoms with Gasteiger partial charge < -0.3 is 23.2 Å². The molecule has 0 saturated heterocycles. The van der Waals surface area contributed by atoms with Gasteiger partial charge in [0, 0.05) is 12.5 Å². The largest absolute Gasteiger partial charge is 0.756 e. The molecule has 34 heavy (non-hydrogen) atoms. The summed E-state index contributed by atoms with van der Waals surface area (Å²) in [6.07, 6.45) is 20.7. The standard InChI is InChI=1S/C27H58NO5P/c1-6-8-9-10-11-12-13-14-15-16-17-18-19-20-23-31-25-27(21-7-2)26-33-34(29,30)32-24-22-28(3,4)5/h27H,6-26H2,1-5H3. The van der Waals surface area contributed by atoms with Crippen LogP contribution in [0.5, 0.6) is 0 Å². The second kappa shape index (κ2) is 22.2. The summed E-state index contributed by atoms with van der Waals surface area (Å²) in [4.78, 5) is 12.0. The van der Waals surface area contributed by atoms with E-state index in [4.69, 9.17) is 13.8 Å². The van der Waals surface area contributed by atoms with Crippen molar-refractivity contribution in [3.05, 3.63) is 0 Å². The molecular formula is C27H58NO5P. The van der Waals surface area contributed by atoms with Gasteiger partial charge in [0.05, 0.1) is 34.4 Å². The van der Waals surface area contributed by atoms with Crippen molar-refractivity contribution < 1.29 is 27.7 Å². The first-order valence-corrected chi connectivity index (χ1v) is 15.6. The molecule has 0 radical (unpaired) electrons. The van der Waals surface area contributed by atoms with Crippen LogP contribution in [0.1, 0.15) is 117 Å². The molecule has 0 spiro atoms. The van der Waals surface area contributed by atoms with Crippen molar-refractivity contribution >= 4 is 7.82 Å². The van der Waals surface area contributed by atoms with Crippen molar-refractivity contribution in [1.82, 2.24) is 0 Å². The highest BCUT2D eigenvalue weighted by atomic mass is 31.2. The van der Waals surface area contributed by atoms with E-state index < -0.39 is 7.82 Å². The smallest absolute Gasteiger partial charge is 0.268 e. The van der Waals surface area contributed by atoms with E-state index in [0.29, 0.717) is 17.6 Å². The van der Waals surface area contributed by atoms with Gasteiger partial charge in [0.25, 0.3) is 7.82 Å². The Kier molecular flexibility index (Phi) is 22.3. The molecule has 206 valence electrons. The highest BCUT2D eigenvalue weighted by molar-refractivity contribution is 7.45. The number of rotatable bonds is 26. The maximum Gasteiger partial charge on any atom is 0.268 e. The van der Waals surface area contributed by atoms with Gasteiger partial charge in [-0.3, -0.25) is 4.57 Å². The lowest BCUT2D eigenvalue weighted by molar-refractivity contribution is -0.870. The molecule has 0 aliphatic rings. The molecule has 7 heteroatoms. The monoisotopic (exact) mass is 507 g/mol. The summed E-state index contributed by atoms with van der Waals surface area (Å²) >= 11 is 0. The average Bonchev–Trinajstić information content (AvgIpc) is 2.76. The van der Waals surface area contributed by atoms with Gasteiger partial charge in [-0.25, -0.2) is 0 Å². The Morgan fingerprint density at radius 2 is 1.18 bits per heavy atom. The summed E-state index contributed by atoms with van der Waals surface area (Å²) in [6.45, 7) is 6.54. The lowest BCUT2D eigenvalue weighted by atomic mass is 10.0. The van der Waals surface area contributed by atoms with Gasteiger partial charge in [0.15, 0.2) is 0 Å². The lowest BCUT2D eigenvalue weighted by Gasteiger charge is -2.28. The third-order valence-corrected chi connectivity index (χ3v) is 7.14. The fraction of sp³-hybridized carbons (Fsp3) is 1.00. The van der Waals surface area contributed by atoms with Gasteiger partial charge in [-0.1, -0.05) is 104 Å². The molecule has 0 aromatic carbocycles. The van der Waals surface area contributed by atoms with E-state index in [0.717, 1.165) is 25.9 Å². The topological polar surface area (TPSA) is 67.8 Å². The number of likely N-dealkylation sites (N-methyl/N-ethyl adjacent to an activating group) is 1. The Hall–Kier alpha value is 0.0300. The first-order valence-electron chi connectivity index (χ1n) is 14.2. The SMILES string of the molecule is CCCCCCCCCCCCCCCCOCC(CCC)COP(=O)([O-])OCC[N+](C)(C)C. The quantitative estimate of drug-likeness (QED) is 0.0709. The molecule has 0 aliphatic heterocycles. The number of ether oxygens (including phenoxy) is 1. The molecule has 2 unspecified atom stereocenters. The Balaban J connectivity index is 3.65. The fourth-order valence-corrected chi connectivity index (χ4v) is 4.71. The van der Waals surface area contributed by atoms with E-state index in [2.05, 4.69) is 13.8 Å². The molecule has 0 rings (SSSR count). The Morgan fingerprint density at radius 3 is 1.65 bits per heavy atom. The van der Waals surface area contributed by atoms with Crippen LogP contribution in [0.3, 0.4) is 0 Å².